The van der Waals surface area contributed by atoms with Crippen molar-refractivity contribution >= 4 is 41.1 Å². The van der Waals surface area contributed by atoms with Gasteiger partial charge in [-0.25, -0.2) is 14.8 Å². The highest BCUT2D eigenvalue weighted by Crippen LogP contribution is 2.38. The number of nitrogens with zero attached hydrogens (tertiary/aromatic N) is 4. The van der Waals surface area contributed by atoms with E-state index >= 15 is 0 Å². The average Bonchev–Trinajstić information content (AvgIpc) is 3.60. The SMILES string of the molecule is CC=NC(=N)c1cccc(Nc2cc(N3CCN(C(C)C)C3=O)ncc2C(=O)C2CC2)c1OC. The maximum absolute atomic E-state index is 13.0. The number of aromatic nitrogens is 1. The number of amides is 2. The molecule has 1 aromatic heterocycles. The molecular weight excluding hydrogens is 432 g/mol. The Kier molecular flexibility index (Phi) is 6.63. The molecule has 2 N–H and O–H groups in total. The Morgan fingerprint density at radius 3 is 2.65 bits per heavy atom. The van der Waals surface area contributed by atoms with Gasteiger partial charge in [0.05, 0.1) is 29.6 Å². The summed E-state index contributed by atoms with van der Waals surface area (Å²) in [7, 11) is 1.53. The molecule has 9 heteroatoms. The van der Waals surface area contributed by atoms with E-state index in [0.717, 1.165) is 12.8 Å². The van der Waals surface area contributed by atoms with Crippen LogP contribution >= 0.6 is 0 Å². The molecule has 1 saturated carbocycles. The van der Waals surface area contributed by atoms with Crippen molar-refractivity contribution in [2.45, 2.75) is 39.7 Å². The summed E-state index contributed by atoms with van der Waals surface area (Å²) in [4.78, 5) is 37.9. The summed E-state index contributed by atoms with van der Waals surface area (Å²) >= 11 is 0. The predicted molar refractivity (Wildman–Crippen MR) is 133 cm³/mol. The zero-order valence-electron chi connectivity index (χ0n) is 20.0. The quantitative estimate of drug-likeness (QED) is 0.341. The van der Waals surface area contributed by atoms with Gasteiger partial charge in [-0.1, -0.05) is 6.07 Å². The van der Waals surface area contributed by atoms with E-state index in [2.05, 4.69) is 15.3 Å². The Labute approximate surface area is 199 Å². The molecule has 0 atom stereocenters. The molecule has 1 aliphatic heterocycles. The van der Waals surface area contributed by atoms with Gasteiger partial charge in [-0.3, -0.25) is 15.1 Å². The first-order valence-electron chi connectivity index (χ1n) is 11.5. The predicted octanol–water partition coefficient (Wildman–Crippen LogP) is 4.49. The van der Waals surface area contributed by atoms with Crippen molar-refractivity contribution in [1.82, 2.24) is 9.88 Å². The molecule has 0 radical (unpaired) electrons. The number of Topliss-reactive ketones (excluding diaryl/α,β-unsaturated/α-hetero) is 1. The molecule has 0 bridgehead atoms. The lowest BCUT2D eigenvalue weighted by molar-refractivity contribution is 0.0968. The number of benzene rings is 1. The van der Waals surface area contributed by atoms with Gasteiger partial charge in [0.15, 0.2) is 17.4 Å². The summed E-state index contributed by atoms with van der Waals surface area (Å²) in [5.74, 6) is 1.06. The van der Waals surface area contributed by atoms with E-state index in [1.54, 1.807) is 47.3 Å². The number of hydrogen-bond acceptors (Lipinski definition) is 6. The number of anilines is 3. The number of nitrogens with one attached hydrogen (secondary N) is 2. The summed E-state index contributed by atoms with van der Waals surface area (Å²) in [5, 5.41) is 11.5. The highest BCUT2D eigenvalue weighted by atomic mass is 16.5. The zero-order chi connectivity index (χ0) is 24.4. The number of pyridine rings is 1. The van der Waals surface area contributed by atoms with E-state index in [1.807, 2.05) is 19.9 Å². The summed E-state index contributed by atoms with van der Waals surface area (Å²) in [6, 6.07) is 7.13. The lowest BCUT2D eigenvalue weighted by atomic mass is 10.1. The normalized spacial score (nSPS) is 16.0. The second-order valence-corrected chi connectivity index (χ2v) is 8.70. The Hall–Kier alpha value is -3.75. The van der Waals surface area contributed by atoms with Gasteiger partial charge in [0.1, 0.15) is 5.82 Å². The number of carbonyl (C=O) groups excluding carboxylic acids is 2. The van der Waals surface area contributed by atoms with Crippen LogP contribution in [0.5, 0.6) is 5.75 Å². The van der Waals surface area contributed by atoms with Crippen LogP contribution in [0, 0.1) is 11.3 Å². The fourth-order valence-electron chi connectivity index (χ4n) is 4.09. The fraction of sp³-hybridized carbons (Fsp3) is 0.400. The first-order chi connectivity index (χ1) is 16.3. The Morgan fingerprint density at radius 1 is 1.26 bits per heavy atom. The minimum absolute atomic E-state index is 0.0124. The van der Waals surface area contributed by atoms with Crippen molar-refractivity contribution in [1.29, 1.82) is 5.41 Å². The van der Waals surface area contributed by atoms with Gasteiger partial charge in [0.25, 0.3) is 0 Å². The van der Waals surface area contributed by atoms with Gasteiger partial charge < -0.3 is 15.0 Å². The monoisotopic (exact) mass is 462 g/mol. The van der Waals surface area contributed by atoms with Gasteiger partial charge >= 0.3 is 6.03 Å². The van der Waals surface area contributed by atoms with Crippen LogP contribution < -0.4 is 15.0 Å². The minimum Gasteiger partial charge on any atom is -0.494 e. The summed E-state index contributed by atoms with van der Waals surface area (Å²) in [6.07, 6.45) is 4.86. The number of urea groups is 1. The molecule has 1 aliphatic carbocycles. The van der Waals surface area contributed by atoms with Crippen LogP contribution in [0.4, 0.5) is 22.0 Å². The Bertz CT molecular complexity index is 1160. The molecule has 0 unspecified atom stereocenters. The minimum atomic E-state index is -0.0971. The van der Waals surface area contributed by atoms with E-state index < -0.39 is 0 Å². The van der Waals surface area contributed by atoms with E-state index in [0.29, 0.717) is 47.2 Å². The molecule has 2 aromatic rings. The third-order valence-corrected chi connectivity index (χ3v) is 6.05. The Morgan fingerprint density at radius 2 is 2.03 bits per heavy atom. The number of para-hydroxylation sites is 1. The lowest BCUT2D eigenvalue weighted by Crippen LogP contribution is -2.36. The third-order valence-electron chi connectivity index (χ3n) is 6.05. The maximum atomic E-state index is 13.0. The fourth-order valence-corrected chi connectivity index (χ4v) is 4.09. The molecule has 2 heterocycles. The van der Waals surface area contributed by atoms with E-state index in [1.165, 1.54) is 7.11 Å². The zero-order valence-corrected chi connectivity index (χ0v) is 20.0. The first kappa shape index (κ1) is 23.4. The molecular formula is C25H30N6O3. The van der Waals surface area contributed by atoms with Gasteiger partial charge in [-0.05, 0) is 45.7 Å². The van der Waals surface area contributed by atoms with Crippen molar-refractivity contribution in [3.63, 3.8) is 0 Å². The van der Waals surface area contributed by atoms with Crippen LogP contribution in [0.1, 0.15) is 49.5 Å². The van der Waals surface area contributed by atoms with Crippen LogP contribution in [0.25, 0.3) is 0 Å². The summed E-state index contributed by atoms with van der Waals surface area (Å²) < 4.78 is 5.61. The van der Waals surface area contributed by atoms with E-state index in [-0.39, 0.29) is 29.6 Å². The molecule has 2 aliphatic rings. The first-order valence-corrected chi connectivity index (χ1v) is 11.5. The van der Waals surface area contributed by atoms with Crippen molar-refractivity contribution in [3.8, 4) is 5.75 Å². The summed E-state index contributed by atoms with van der Waals surface area (Å²) in [5.41, 5.74) is 2.15. The highest BCUT2D eigenvalue weighted by Gasteiger charge is 2.35. The van der Waals surface area contributed by atoms with Crippen LogP contribution in [0.2, 0.25) is 0 Å². The molecule has 2 amide bonds. The third kappa shape index (κ3) is 4.50. The van der Waals surface area contributed by atoms with Crippen LogP contribution in [-0.2, 0) is 0 Å². The molecule has 0 spiro atoms. The standard InChI is InChI=1S/C25H30N6O3/c1-5-27-24(26)17-7-6-8-19(23(17)34-4)29-20-13-21(28-14-18(20)22(32)16-9-10-16)31-12-11-30(15(2)3)25(31)33/h5-8,13-16,26H,9-12H2,1-4H3,(H,28,29). The van der Waals surface area contributed by atoms with Gasteiger partial charge in [0, 0.05) is 43.5 Å². The smallest absolute Gasteiger partial charge is 0.326 e. The van der Waals surface area contributed by atoms with Crippen LogP contribution in [-0.4, -0.2) is 60.0 Å². The molecule has 1 saturated heterocycles. The van der Waals surface area contributed by atoms with Crippen molar-refractivity contribution in [3.05, 3.63) is 41.6 Å². The molecule has 4 rings (SSSR count). The van der Waals surface area contributed by atoms with E-state index in [9.17, 15) is 9.59 Å². The topological polar surface area (TPSA) is 111 Å². The van der Waals surface area contributed by atoms with Gasteiger partial charge in [0.2, 0.25) is 0 Å². The molecule has 1 aromatic carbocycles. The average molecular weight is 463 g/mol. The van der Waals surface area contributed by atoms with Crippen LogP contribution in [0.3, 0.4) is 0 Å². The highest BCUT2D eigenvalue weighted by molar-refractivity contribution is 6.07. The number of methoxy groups -OCH3 is 1. The molecule has 178 valence electrons. The number of rotatable bonds is 8. The van der Waals surface area contributed by atoms with Crippen LogP contribution in [0.15, 0.2) is 35.5 Å². The number of carbonyl (C=O) groups is 2. The van der Waals surface area contributed by atoms with Crippen molar-refractivity contribution in [2.75, 3.05) is 30.4 Å². The largest absolute Gasteiger partial charge is 0.494 e. The van der Waals surface area contributed by atoms with Crippen molar-refractivity contribution < 1.29 is 14.3 Å². The van der Waals surface area contributed by atoms with E-state index in [4.69, 9.17) is 10.1 Å². The lowest BCUT2D eigenvalue weighted by Gasteiger charge is -2.22. The number of ketones is 1. The van der Waals surface area contributed by atoms with Crippen molar-refractivity contribution in [2.24, 2.45) is 10.9 Å². The second-order valence-electron chi connectivity index (χ2n) is 8.70. The number of amidine groups is 1. The number of ether oxygens (including phenoxy) is 1. The number of aliphatic imine (C=N–C) groups is 1. The molecule has 34 heavy (non-hydrogen) atoms. The number of hydrogen-bond donors (Lipinski definition) is 2. The summed E-state index contributed by atoms with van der Waals surface area (Å²) in [6.45, 7) is 6.87. The van der Waals surface area contributed by atoms with Gasteiger partial charge in [-0.15, -0.1) is 0 Å². The molecule has 2 fully saturated rings. The Balaban J connectivity index is 1.74. The second kappa shape index (κ2) is 9.62. The molecule has 9 nitrogen and oxygen atoms in total. The maximum Gasteiger partial charge on any atom is 0.326 e. The van der Waals surface area contributed by atoms with Gasteiger partial charge in [-0.2, -0.15) is 0 Å².